The molecule has 1 fully saturated rings. The Bertz CT molecular complexity index is 918. The highest BCUT2D eigenvalue weighted by atomic mass is 16.2. The summed E-state index contributed by atoms with van der Waals surface area (Å²) in [5, 5.41) is 9.88. The lowest BCUT2D eigenvalue weighted by atomic mass is 10.1. The summed E-state index contributed by atoms with van der Waals surface area (Å²) >= 11 is 0. The summed E-state index contributed by atoms with van der Waals surface area (Å²) in [6.45, 7) is 2.67. The summed E-state index contributed by atoms with van der Waals surface area (Å²) in [6, 6.07) is 9.78. The van der Waals surface area contributed by atoms with E-state index in [1.807, 2.05) is 42.7 Å². The molecular weight excluding hydrogens is 366 g/mol. The van der Waals surface area contributed by atoms with Crippen molar-refractivity contribution in [2.24, 2.45) is 0 Å². The molecule has 0 aliphatic carbocycles. The molecule has 1 aliphatic rings. The highest BCUT2D eigenvalue weighted by molar-refractivity contribution is 5.88. The lowest BCUT2D eigenvalue weighted by Crippen LogP contribution is -2.30. The van der Waals surface area contributed by atoms with Crippen LogP contribution in [0.3, 0.4) is 0 Å². The van der Waals surface area contributed by atoms with Gasteiger partial charge >= 0.3 is 6.03 Å². The molecule has 1 saturated heterocycles. The van der Waals surface area contributed by atoms with Crippen LogP contribution < -0.4 is 15.5 Å². The number of carbonyl (C=O) groups excluding carboxylic acids is 1. The van der Waals surface area contributed by atoms with Gasteiger partial charge < -0.3 is 15.5 Å². The minimum absolute atomic E-state index is 0.262. The van der Waals surface area contributed by atoms with Gasteiger partial charge in [0.05, 0.1) is 36.2 Å². The molecule has 29 heavy (non-hydrogen) atoms. The fraction of sp³-hybridized carbons (Fsp3) is 0.333. The third-order valence-corrected chi connectivity index (χ3v) is 4.93. The zero-order valence-electron chi connectivity index (χ0n) is 16.3. The number of rotatable bonds is 6. The number of nitrogens with zero attached hydrogens (tertiary/aromatic N) is 5. The van der Waals surface area contributed by atoms with Gasteiger partial charge in [-0.05, 0) is 31.2 Å². The first-order valence-corrected chi connectivity index (χ1v) is 9.99. The van der Waals surface area contributed by atoms with Crippen LogP contribution in [0.4, 0.5) is 16.2 Å². The first-order valence-electron chi connectivity index (χ1n) is 9.99. The first kappa shape index (κ1) is 18.9. The van der Waals surface area contributed by atoms with Crippen LogP contribution in [0, 0.1) is 0 Å². The molecule has 0 atom stereocenters. The molecule has 0 saturated carbocycles. The molecule has 8 heteroatoms. The number of urea groups is 1. The quantitative estimate of drug-likeness (QED) is 0.674. The predicted octanol–water partition coefficient (Wildman–Crippen LogP) is 3.02. The van der Waals surface area contributed by atoms with Crippen molar-refractivity contribution in [3.05, 3.63) is 60.7 Å². The Morgan fingerprint density at radius 2 is 1.76 bits per heavy atom. The molecule has 0 spiro atoms. The maximum atomic E-state index is 12.1. The molecule has 8 nitrogen and oxygen atoms in total. The Kier molecular flexibility index (Phi) is 5.99. The Labute approximate surface area is 170 Å². The standard InChI is InChI=1S/C21H25N7O/c29-21(22-10-9-17-7-3-1-4-8-17)26-18-13-25-28(16-18)20-23-14-19(15-24-20)27-11-5-2-6-12-27/h1,3-4,7-8,13-16H,2,5-6,9-12H2,(H2,22,26,29). The monoisotopic (exact) mass is 391 g/mol. The van der Waals surface area contributed by atoms with E-state index in [1.165, 1.54) is 24.8 Å². The third-order valence-electron chi connectivity index (χ3n) is 4.93. The van der Waals surface area contributed by atoms with Crippen LogP contribution in [-0.2, 0) is 6.42 Å². The van der Waals surface area contributed by atoms with E-state index in [0.717, 1.165) is 25.2 Å². The zero-order valence-corrected chi connectivity index (χ0v) is 16.3. The average Bonchev–Trinajstić information content (AvgIpc) is 3.23. The van der Waals surface area contributed by atoms with Crippen LogP contribution in [-0.4, -0.2) is 45.4 Å². The first-order chi connectivity index (χ1) is 14.3. The summed E-state index contributed by atoms with van der Waals surface area (Å²) in [7, 11) is 0. The maximum Gasteiger partial charge on any atom is 0.319 e. The summed E-state index contributed by atoms with van der Waals surface area (Å²) < 4.78 is 1.56. The Morgan fingerprint density at radius 3 is 2.52 bits per heavy atom. The van der Waals surface area contributed by atoms with Gasteiger partial charge in [0.2, 0.25) is 0 Å². The molecule has 2 N–H and O–H groups in total. The van der Waals surface area contributed by atoms with Gasteiger partial charge in [0.25, 0.3) is 5.95 Å². The van der Waals surface area contributed by atoms with Gasteiger partial charge in [-0.1, -0.05) is 30.3 Å². The maximum absolute atomic E-state index is 12.1. The van der Waals surface area contributed by atoms with Crippen molar-refractivity contribution in [3.8, 4) is 5.95 Å². The molecule has 0 bridgehead atoms. The van der Waals surface area contributed by atoms with E-state index in [-0.39, 0.29) is 6.03 Å². The van der Waals surface area contributed by atoms with E-state index < -0.39 is 0 Å². The van der Waals surface area contributed by atoms with E-state index in [1.54, 1.807) is 17.1 Å². The minimum atomic E-state index is -0.262. The molecule has 1 aromatic carbocycles. The van der Waals surface area contributed by atoms with Gasteiger partial charge in [0, 0.05) is 19.6 Å². The molecule has 0 unspecified atom stereocenters. The summed E-state index contributed by atoms with van der Waals surface area (Å²) in [5.41, 5.74) is 2.81. The summed E-state index contributed by atoms with van der Waals surface area (Å²) in [5.74, 6) is 0.475. The van der Waals surface area contributed by atoms with E-state index in [9.17, 15) is 4.79 Å². The van der Waals surface area contributed by atoms with Crippen molar-refractivity contribution >= 4 is 17.4 Å². The van der Waals surface area contributed by atoms with Crippen molar-refractivity contribution in [1.29, 1.82) is 0 Å². The number of aromatic nitrogens is 4. The Morgan fingerprint density at radius 1 is 1.00 bits per heavy atom. The number of nitrogens with one attached hydrogen (secondary N) is 2. The molecule has 0 radical (unpaired) electrons. The summed E-state index contributed by atoms with van der Waals surface area (Å²) in [4.78, 5) is 23.2. The van der Waals surface area contributed by atoms with Gasteiger partial charge in [0.1, 0.15) is 0 Å². The second-order valence-corrected chi connectivity index (χ2v) is 7.08. The van der Waals surface area contributed by atoms with Crippen molar-refractivity contribution < 1.29 is 4.79 Å². The molecule has 4 rings (SSSR count). The topological polar surface area (TPSA) is 88.0 Å². The fourth-order valence-electron chi connectivity index (χ4n) is 3.39. The minimum Gasteiger partial charge on any atom is -0.369 e. The number of carbonyl (C=O) groups is 1. The van der Waals surface area contributed by atoms with Gasteiger partial charge in [-0.2, -0.15) is 5.10 Å². The van der Waals surface area contributed by atoms with Crippen molar-refractivity contribution in [2.45, 2.75) is 25.7 Å². The lowest BCUT2D eigenvalue weighted by molar-refractivity contribution is 0.252. The van der Waals surface area contributed by atoms with E-state index in [2.05, 4.69) is 30.6 Å². The number of hydrogen-bond donors (Lipinski definition) is 2. The molecule has 3 aromatic rings. The van der Waals surface area contributed by atoms with E-state index in [4.69, 9.17) is 0 Å². The van der Waals surface area contributed by atoms with Crippen molar-refractivity contribution in [1.82, 2.24) is 25.1 Å². The van der Waals surface area contributed by atoms with Gasteiger partial charge in [0.15, 0.2) is 0 Å². The Hall–Kier alpha value is -3.42. The zero-order chi connectivity index (χ0) is 19.9. The number of hydrogen-bond acceptors (Lipinski definition) is 5. The SMILES string of the molecule is O=C(NCCc1ccccc1)Nc1cnn(-c2ncc(N3CCCCC3)cn2)c1. The Balaban J connectivity index is 1.29. The van der Waals surface area contributed by atoms with Crippen molar-refractivity contribution in [2.75, 3.05) is 29.9 Å². The lowest BCUT2D eigenvalue weighted by Gasteiger charge is -2.28. The van der Waals surface area contributed by atoms with Crippen molar-refractivity contribution in [3.63, 3.8) is 0 Å². The molecule has 1 aliphatic heterocycles. The van der Waals surface area contributed by atoms with E-state index in [0.29, 0.717) is 18.2 Å². The fourth-order valence-corrected chi connectivity index (χ4v) is 3.39. The highest BCUT2D eigenvalue weighted by Crippen LogP contribution is 2.18. The second-order valence-electron chi connectivity index (χ2n) is 7.08. The molecular formula is C21H25N7O. The van der Waals surface area contributed by atoms with Crippen LogP contribution in [0.5, 0.6) is 0 Å². The molecule has 150 valence electrons. The molecule has 2 amide bonds. The second kappa shape index (κ2) is 9.18. The van der Waals surface area contributed by atoms with E-state index >= 15 is 0 Å². The number of benzene rings is 1. The van der Waals surface area contributed by atoms with Gasteiger partial charge in [-0.25, -0.2) is 19.4 Å². The largest absolute Gasteiger partial charge is 0.369 e. The molecule has 2 aromatic heterocycles. The summed E-state index contributed by atoms with van der Waals surface area (Å²) in [6.07, 6.45) is 11.4. The van der Waals surface area contributed by atoms with Crippen LogP contribution in [0.1, 0.15) is 24.8 Å². The third kappa shape index (κ3) is 5.10. The average molecular weight is 391 g/mol. The smallest absolute Gasteiger partial charge is 0.319 e. The number of anilines is 2. The molecule has 3 heterocycles. The number of amides is 2. The van der Waals surface area contributed by atoms with Crippen LogP contribution in [0.25, 0.3) is 5.95 Å². The van der Waals surface area contributed by atoms with Gasteiger partial charge in [-0.3, -0.25) is 0 Å². The van der Waals surface area contributed by atoms with Crippen LogP contribution in [0.2, 0.25) is 0 Å². The predicted molar refractivity (Wildman–Crippen MR) is 112 cm³/mol. The normalized spacial score (nSPS) is 13.9. The van der Waals surface area contributed by atoms with Crippen LogP contribution >= 0.6 is 0 Å². The van der Waals surface area contributed by atoms with Gasteiger partial charge in [-0.15, -0.1) is 0 Å². The highest BCUT2D eigenvalue weighted by Gasteiger charge is 2.12. The van der Waals surface area contributed by atoms with Crippen LogP contribution in [0.15, 0.2) is 55.1 Å². The number of piperidine rings is 1.